The van der Waals surface area contributed by atoms with Crippen LogP contribution in [0.1, 0.15) is 40.6 Å². The summed E-state index contributed by atoms with van der Waals surface area (Å²) in [7, 11) is 2.85. The van der Waals surface area contributed by atoms with Crippen LogP contribution in [-0.4, -0.2) is 43.0 Å². The molecule has 0 spiro atoms. The minimum Gasteiger partial charge on any atom is -0.475 e. The summed E-state index contributed by atoms with van der Waals surface area (Å²) >= 11 is 0. The number of methoxy groups -OCH3 is 2. The van der Waals surface area contributed by atoms with Gasteiger partial charge in [-0.3, -0.25) is 4.79 Å². The third-order valence-electron chi connectivity index (χ3n) is 2.85. The van der Waals surface area contributed by atoms with Gasteiger partial charge in [0.15, 0.2) is 0 Å². The average molecular weight is 271 g/mol. The summed E-state index contributed by atoms with van der Waals surface area (Å²) in [5.41, 5.74) is 0.886. The number of hydrogen-bond donors (Lipinski definition) is 1. The highest BCUT2D eigenvalue weighted by molar-refractivity contribution is 5.86. The van der Waals surface area contributed by atoms with Crippen molar-refractivity contribution in [1.82, 2.24) is 5.16 Å². The molecule has 0 fully saturated rings. The second-order valence-corrected chi connectivity index (χ2v) is 4.09. The van der Waals surface area contributed by atoms with Crippen molar-refractivity contribution in [3.8, 4) is 0 Å². The van der Waals surface area contributed by atoms with Crippen molar-refractivity contribution in [3.05, 3.63) is 17.0 Å². The van der Waals surface area contributed by atoms with Gasteiger partial charge in [-0.15, -0.1) is 0 Å². The molecular weight excluding hydrogens is 254 g/mol. The molecule has 7 heteroatoms. The molecule has 0 saturated heterocycles. The van der Waals surface area contributed by atoms with Crippen LogP contribution in [0.4, 0.5) is 0 Å². The SMILES string of the molecule is COCCC(CC(=O)OC)c1noc(C(=O)O)c1C. The van der Waals surface area contributed by atoms with Gasteiger partial charge in [0.05, 0.1) is 19.2 Å². The molecule has 106 valence electrons. The summed E-state index contributed by atoms with van der Waals surface area (Å²) in [6, 6.07) is 0. The lowest BCUT2D eigenvalue weighted by atomic mass is 9.94. The van der Waals surface area contributed by atoms with E-state index in [9.17, 15) is 9.59 Å². The number of carbonyl (C=O) groups excluding carboxylic acids is 1. The van der Waals surface area contributed by atoms with Crippen LogP contribution in [0.5, 0.6) is 0 Å². The van der Waals surface area contributed by atoms with Crippen molar-refractivity contribution in [3.63, 3.8) is 0 Å². The van der Waals surface area contributed by atoms with Gasteiger partial charge in [-0.2, -0.15) is 0 Å². The summed E-state index contributed by atoms with van der Waals surface area (Å²) < 4.78 is 14.4. The zero-order chi connectivity index (χ0) is 14.4. The number of ether oxygens (including phenoxy) is 2. The van der Waals surface area contributed by atoms with E-state index in [1.807, 2.05) is 0 Å². The molecule has 1 heterocycles. The van der Waals surface area contributed by atoms with Crippen LogP contribution in [0.2, 0.25) is 0 Å². The van der Waals surface area contributed by atoms with Crippen molar-refractivity contribution < 1.29 is 28.7 Å². The minimum atomic E-state index is -1.18. The zero-order valence-electron chi connectivity index (χ0n) is 11.1. The Labute approximate surface area is 110 Å². The quantitative estimate of drug-likeness (QED) is 0.747. The van der Waals surface area contributed by atoms with Crippen LogP contribution in [0.15, 0.2) is 4.52 Å². The smallest absolute Gasteiger partial charge is 0.375 e. The van der Waals surface area contributed by atoms with E-state index >= 15 is 0 Å². The van der Waals surface area contributed by atoms with Gasteiger partial charge < -0.3 is 19.1 Å². The third-order valence-corrected chi connectivity index (χ3v) is 2.85. The molecule has 1 atom stereocenters. The molecule has 1 aromatic heterocycles. The van der Waals surface area contributed by atoms with Crippen molar-refractivity contribution in [2.75, 3.05) is 20.8 Å². The molecule has 0 saturated carbocycles. The fourth-order valence-electron chi connectivity index (χ4n) is 1.81. The predicted molar refractivity (Wildman–Crippen MR) is 64.1 cm³/mol. The normalized spacial score (nSPS) is 12.2. The largest absolute Gasteiger partial charge is 0.475 e. The number of esters is 1. The van der Waals surface area contributed by atoms with E-state index in [1.54, 1.807) is 14.0 Å². The van der Waals surface area contributed by atoms with Crippen LogP contribution in [0, 0.1) is 6.92 Å². The molecule has 0 amide bonds. The molecular formula is C12H17NO6. The molecule has 0 aliphatic rings. The fourth-order valence-corrected chi connectivity index (χ4v) is 1.81. The van der Waals surface area contributed by atoms with E-state index in [-0.39, 0.29) is 24.1 Å². The number of carboxylic acid groups (broad SMARTS) is 1. The van der Waals surface area contributed by atoms with E-state index in [0.717, 1.165) is 0 Å². The average Bonchev–Trinajstić information content (AvgIpc) is 2.76. The van der Waals surface area contributed by atoms with Gasteiger partial charge in [-0.1, -0.05) is 5.16 Å². The number of carbonyl (C=O) groups is 2. The highest BCUT2D eigenvalue weighted by Crippen LogP contribution is 2.27. The van der Waals surface area contributed by atoms with Gasteiger partial charge >= 0.3 is 11.9 Å². The number of rotatable bonds is 7. The Hall–Kier alpha value is -1.89. The van der Waals surface area contributed by atoms with Gasteiger partial charge in [0.25, 0.3) is 0 Å². The summed E-state index contributed by atoms with van der Waals surface area (Å²) in [5, 5.41) is 12.7. The monoisotopic (exact) mass is 271 g/mol. The van der Waals surface area contributed by atoms with Gasteiger partial charge in [-0.05, 0) is 13.3 Å². The van der Waals surface area contributed by atoms with Gasteiger partial charge in [0.1, 0.15) is 0 Å². The zero-order valence-corrected chi connectivity index (χ0v) is 11.1. The number of nitrogens with zero attached hydrogens (tertiary/aromatic N) is 1. The molecule has 0 aliphatic carbocycles. The first-order valence-corrected chi connectivity index (χ1v) is 5.76. The molecule has 1 rings (SSSR count). The Morgan fingerprint density at radius 1 is 1.42 bits per heavy atom. The number of carboxylic acids is 1. The van der Waals surface area contributed by atoms with E-state index in [4.69, 9.17) is 14.4 Å². The Morgan fingerprint density at radius 3 is 2.58 bits per heavy atom. The van der Waals surface area contributed by atoms with Crippen molar-refractivity contribution >= 4 is 11.9 Å². The molecule has 0 aromatic carbocycles. The number of aromatic nitrogens is 1. The summed E-state index contributed by atoms with van der Waals surface area (Å²) in [6.45, 7) is 2.03. The van der Waals surface area contributed by atoms with Crippen molar-refractivity contribution in [2.45, 2.75) is 25.7 Å². The first-order chi connectivity index (χ1) is 9.01. The maximum atomic E-state index is 11.4. The summed E-state index contributed by atoms with van der Waals surface area (Å²) in [6.07, 6.45) is 0.629. The third kappa shape index (κ3) is 3.78. The van der Waals surface area contributed by atoms with E-state index in [1.165, 1.54) is 7.11 Å². The van der Waals surface area contributed by atoms with Crippen LogP contribution < -0.4 is 0 Å². The second-order valence-electron chi connectivity index (χ2n) is 4.09. The molecule has 1 N–H and O–H groups in total. The standard InChI is InChI=1S/C12H17NO6/c1-7-10(13-19-11(7)12(15)16)8(4-5-17-2)6-9(14)18-3/h8H,4-6H2,1-3H3,(H,15,16). The predicted octanol–water partition coefficient (Wildman–Crippen LogP) is 1.36. The molecule has 0 aliphatic heterocycles. The van der Waals surface area contributed by atoms with Crippen LogP contribution in [0.3, 0.4) is 0 Å². The first-order valence-electron chi connectivity index (χ1n) is 5.76. The number of aromatic carboxylic acids is 1. The van der Waals surface area contributed by atoms with E-state index in [0.29, 0.717) is 24.3 Å². The molecule has 7 nitrogen and oxygen atoms in total. The van der Waals surface area contributed by atoms with Crippen molar-refractivity contribution in [2.24, 2.45) is 0 Å². The Kier molecular flexibility index (Phi) is 5.50. The lowest BCUT2D eigenvalue weighted by Gasteiger charge is -2.13. The molecule has 19 heavy (non-hydrogen) atoms. The summed E-state index contributed by atoms with van der Waals surface area (Å²) in [4.78, 5) is 22.3. The van der Waals surface area contributed by atoms with Gasteiger partial charge in [0.2, 0.25) is 5.76 Å². The van der Waals surface area contributed by atoms with Crippen LogP contribution >= 0.6 is 0 Å². The van der Waals surface area contributed by atoms with Crippen LogP contribution in [0.25, 0.3) is 0 Å². The van der Waals surface area contributed by atoms with Crippen molar-refractivity contribution in [1.29, 1.82) is 0 Å². The summed E-state index contributed by atoms with van der Waals surface area (Å²) in [5.74, 6) is -2.06. The Balaban J connectivity index is 2.96. The first kappa shape index (κ1) is 15.2. The number of hydrogen-bond acceptors (Lipinski definition) is 6. The Bertz CT molecular complexity index is 453. The topological polar surface area (TPSA) is 98.9 Å². The molecule has 1 aromatic rings. The second kappa shape index (κ2) is 6.89. The minimum absolute atomic E-state index is 0.103. The molecule has 0 radical (unpaired) electrons. The van der Waals surface area contributed by atoms with E-state index < -0.39 is 5.97 Å². The molecule has 1 unspecified atom stereocenters. The van der Waals surface area contributed by atoms with Gasteiger partial charge in [-0.25, -0.2) is 4.79 Å². The maximum absolute atomic E-state index is 11.4. The molecule has 0 bridgehead atoms. The lowest BCUT2D eigenvalue weighted by Crippen LogP contribution is -2.12. The fraction of sp³-hybridized carbons (Fsp3) is 0.583. The van der Waals surface area contributed by atoms with Gasteiger partial charge in [0, 0.05) is 25.2 Å². The van der Waals surface area contributed by atoms with Crippen LogP contribution in [-0.2, 0) is 14.3 Å². The highest BCUT2D eigenvalue weighted by atomic mass is 16.5. The van der Waals surface area contributed by atoms with E-state index in [2.05, 4.69) is 9.89 Å². The lowest BCUT2D eigenvalue weighted by molar-refractivity contribution is -0.141. The highest BCUT2D eigenvalue weighted by Gasteiger charge is 2.26. The maximum Gasteiger partial charge on any atom is 0.375 e. The Morgan fingerprint density at radius 2 is 2.11 bits per heavy atom.